The van der Waals surface area contributed by atoms with Gasteiger partial charge in [0.1, 0.15) is 11.4 Å². The lowest BCUT2D eigenvalue weighted by atomic mass is 9.85. The number of aliphatic imine (C=N–C) groups is 1. The largest absolute Gasteiger partial charge is 0.324 e. The van der Waals surface area contributed by atoms with Gasteiger partial charge in [0.25, 0.3) is 5.91 Å². The smallest absolute Gasteiger partial charge is 0.321 e. The minimum Gasteiger partial charge on any atom is -0.324 e. The average Bonchev–Trinajstić information content (AvgIpc) is 3.40. The third-order valence-electron chi connectivity index (χ3n) is 6.61. The molecule has 1 aliphatic carbocycles. The van der Waals surface area contributed by atoms with Crippen molar-refractivity contribution in [1.29, 1.82) is 0 Å². The number of likely N-dealkylation sites (tertiary alicyclic amines) is 1. The molecule has 6 nitrogen and oxygen atoms in total. The van der Waals surface area contributed by atoms with Gasteiger partial charge in [0.2, 0.25) is 0 Å². The van der Waals surface area contributed by atoms with Crippen LogP contribution in [0.3, 0.4) is 0 Å². The summed E-state index contributed by atoms with van der Waals surface area (Å²) < 4.78 is 0. The predicted octanol–water partition coefficient (Wildman–Crippen LogP) is 3.18. The van der Waals surface area contributed by atoms with Crippen LogP contribution >= 0.6 is 0 Å². The zero-order chi connectivity index (χ0) is 20.0. The first-order valence-electron chi connectivity index (χ1n) is 10.1. The van der Waals surface area contributed by atoms with Gasteiger partial charge in [0.05, 0.1) is 0 Å². The maximum absolute atomic E-state index is 13.0. The summed E-state index contributed by atoms with van der Waals surface area (Å²) in [5.41, 5.74) is 2.04. The van der Waals surface area contributed by atoms with Gasteiger partial charge in [0.15, 0.2) is 0 Å². The maximum atomic E-state index is 13.0. The van der Waals surface area contributed by atoms with Crippen molar-refractivity contribution in [2.45, 2.75) is 25.3 Å². The van der Waals surface area contributed by atoms with Crippen molar-refractivity contribution >= 4 is 23.5 Å². The fraction of sp³-hybridized carbons (Fsp3) is 0.348. The molecule has 1 saturated heterocycles. The van der Waals surface area contributed by atoms with E-state index in [0.29, 0.717) is 24.8 Å². The second-order valence-corrected chi connectivity index (χ2v) is 8.26. The fourth-order valence-electron chi connectivity index (χ4n) is 5.02. The van der Waals surface area contributed by atoms with E-state index in [4.69, 9.17) is 4.99 Å². The summed E-state index contributed by atoms with van der Waals surface area (Å²) in [6, 6.07) is 17.4. The molecule has 2 aromatic carbocycles. The summed E-state index contributed by atoms with van der Waals surface area (Å²) in [7, 11) is 0. The second-order valence-electron chi connectivity index (χ2n) is 8.26. The fourth-order valence-corrected chi connectivity index (χ4v) is 5.02. The van der Waals surface area contributed by atoms with Crippen molar-refractivity contribution < 1.29 is 9.59 Å². The standard InChI is InChI=1S/C23H24N4O2/c1-15-7-5-6-10-19(15)24-22(29)27-13-17-11-12-23(18(17)14-27)21(28)25-20(26-23)16-8-3-2-4-9-16/h2-10,17-18H,11-14H2,1H3,(H,24,29)(H,25,26,28)/t17-,18+,23-/m0/s1. The van der Waals surface area contributed by atoms with Gasteiger partial charge in [-0.05, 0) is 37.3 Å². The van der Waals surface area contributed by atoms with Gasteiger partial charge in [-0.1, -0.05) is 48.5 Å². The van der Waals surface area contributed by atoms with Crippen molar-refractivity contribution in [3.63, 3.8) is 0 Å². The van der Waals surface area contributed by atoms with Crippen LogP contribution in [0.15, 0.2) is 59.6 Å². The SMILES string of the molecule is Cc1ccccc1NC(=O)N1C[C@@H]2CC[C@]3(N=C(c4ccccc4)NC3=O)[C@@H]2C1. The minimum absolute atomic E-state index is 0.0231. The Morgan fingerprint density at radius 1 is 1.14 bits per heavy atom. The number of nitrogens with one attached hydrogen (secondary N) is 2. The van der Waals surface area contributed by atoms with E-state index in [1.165, 1.54) is 0 Å². The number of anilines is 1. The van der Waals surface area contributed by atoms with E-state index < -0.39 is 5.54 Å². The van der Waals surface area contributed by atoms with Crippen LogP contribution in [-0.4, -0.2) is 41.3 Å². The van der Waals surface area contributed by atoms with E-state index in [1.54, 1.807) is 0 Å². The van der Waals surface area contributed by atoms with Gasteiger partial charge in [0, 0.05) is 30.3 Å². The van der Waals surface area contributed by atoms with E-state index in [1.807, 2.05) is 66.4 Å². The number of benzene rings is 2. The molecule has 2 N–H and O–H groups in total. The number of urea groups is 1. The first-order valence-corrected chi connectivity index (χ1v) is 10.1. The Labute approximate surface area is 170 Å². The molecule has 2 aromatic rings. The number of para-hydroxylation sites is 1. The molecule has 29 heavy (non-hydrogen) atoms. The summed E-state index contributed by atoms with van der Waals surface area (Å²) in [5.74, 6) is 0.998. The number of hydrogen-bond donors (Lipinski definition) is 2. The number of carbonyl (C=O) groups is 2. The normalized spacial score (nSPS) is 27.7. The molecular weight excluding hydrogens is 364 g/mol. The van der Waals surface area contributed by atoms with Crippen LogP contribution in [0.4, 0.5) is 10.5 Å². The number of fused-ring (bicyclic) bond motifs is 2. The molecular formula is C23H24N4O2. The summed E-state index contributed by atoms with van der Waals surface area (Å²) in [6.45, 7) is 3.21. The maximum Gasteiger partial charge on any atom is 0.321 e. The number of carbonyl (C=O) groups excluding carboxylic acids is 2. The molecule has 3 amide bonds. The Balaban J connectivity index is 1.36. The van der Waals surface area contributed by atoms with E-state index in [-0.39, 0.29) is 17.9 Å². The first-order chi connectivity index (χ1) is 14.1. The quantitative estimate of drug-likeness (QED) is 0.829. The Bertz CT molecular complexity index is 1000. The molecule has 0 radical (unpaired) electrons. The van der Waals surface area contributed by atoms with E-state index in [2.05, 4.69) is 10.6 Å². The minimum atomic E-state index is -0.743. The topological polar surface area (TPSA) is 73.8 Å². The van der Waals surface area contributed by atoms with Gasteiger partial charge >= 0.3 is 6.03 Å². The van der Waals surface area contributed by atoms with Crippen molar-refractivity contribution in [1.82, 2.24) is 10.2 Å². The summed E-state index contributed by atoms with van der Waals surface area (Å²) >= 11 is 0. The Kier molecular flexibility index (Phi) is 4.15. The molecule has 3 atom stereocenters. The van der Waals surface area contributed by atoms with Crippen molar-refractivity contribution in [3.8, 4) is 0 Å². The number of aryl methyl sites for hydroxylation is 1. The number of nitrogens with zero attached hydrogens (tertiary/aromatic N) is 2. The lowest BCUT2D eigenvalue weighted by Gasteiger charge is -2.26. The molecule has 5 rings (SSSR count). The predicted molar refractivity (Wildman–Crippen MR) is 112 cm³/mol. The number of hydrogen-bond acceptors (Lipinski definition) is 3. The van der Waals surface area contributed by atoms with E-state index in [9.17, 15) is 9.59 Å². The van der Waals surface area contributed by atoms with E-state index in [0.717, 1.165) is 29.7 Å². The molecule has 0 unspecified atom stereocenters. The zero-order valence-corrected chi connectivity index (χ0v) is 16.4. The van der Waals surface area contributed by atoms with Crippen LogP contribution in [0.1, 0.15) is 24.0 Å². The van der Waals surface area contributed by atoms with Crippen LogP contribution in [0, 0.1) is 18.8 Å². The van der Waals surface area contributed by atoms with E-state index >= 15 is 0 Å². The van der Waals surface area contributed by atoms with Crippen LogP contribution in [-0.2, 0) is 4.79 Å². The highest BCUT2D eigenvalue weighted by atomic mass is 16.2. The third kappa shape index (κ3) is 2.90. The lowest BCUT2D eigenvalue weighted by molar-refractivity contribution is -0.124. The Hall–Kier alpha value is -3.15. The van der Waals surface area contributed by atoms with Crippen LogP contribution in [0.25, 0.3) is 0 Å². The monoisotopic (exact) mass is 388 g/mol. The third-order valence-corrected chi connectivity index (χ3v) is 6.61. The lowest BCUT2D eigenvalue weighted by Crippen LogP contribution is -2.45. The average molecular weight is 388 g/mol. The Morgan fingerprint density at radius 3 is 2.69 bits per heavy atom. The van der Waals surface area contributed by atoms with Gasteiger partial charge < -0.3 is 15.5 Å². The summed E-state index contributed by atoms with van der Waals surface area (Å²) in [5, 5.41) is 6.02. The van der Waals surface area contributed by atoms with Crippen LogP contribution in [0.5, 0.6) is 0 Å². The Morgan fingerprint density at radius 2 is 1.90 bits per heavy atom. The second kappa shape index (κ2) is 6.72. The molecule has 3 aliphatic rings. The molecule has 6 heteroatoms. The number of amides is 3. The van der Waals surface area contributed by atoms with Crippen LogP contribution in [0.2, 0.25) is 0 Å². The summed E-state index contributed by atoms with van der Waals surface area (Å²) in [4.78, 5) is 32.6. The van der Waals surface area contributed by atoms with Gasteiger partial charge in [-0.25, -0.2) is 4.79 Å². The molecule has 0 aromatic heterocycles. The van der Waals surface area contributed by atoms with Crippen molar-refractivity contribution in [2.75, 3.05) is 18.4 Å². The first kappa shape index (κ1) is 17.9. The molecule has 2 heterocycles. The molecule has 2 fully saturated rings. The van der Waals surface area contributed by atoms with Gasteiger partial charge in [-0.3, -0.25) is 9.79 Å². The van der Waals surface area contributed by atoms with Crippen LogP contribution < -0.4 is 10.6 Å². The molecule has 148 valence electrons. The van der Waals surface area contributed by atoms with Crippen molar-refractivity contribution in [2.24, 2.45) is 16.8 Å². The van der Waals surface area contributed by atoms with Crippen molar-refractivity contribution in [3.05, 3.63) is 65.7 Å². The number of rotatable bonds is 2. The molecule has 0 bridgehead atoms. The highest BCUT2D eigenvalue weighted by molar-refractivity contribution is 6.15. The molecule has 1 saturated carbocycles. The summed E-state index contributed by atoms with van der Waals surface area (Å²) in [6.07, 6.45) is 1.66. The molecule has 2 aliphatic heterocycles. The highest BCUT2D eigenvalue weighted by Gasteiger charge is 2.59. The van der Waals surface area contributed by atoms with Gasteiger partial charge in [-0.15, -0.1) is 0 Å². The highest BCUT2D eigenvalue weighted by Crippen LogP contribution is 2.49. The molecule has 1 spiro atoms. The number of amidine groups is 1. The van der Waals surface area contributed by atoms with Gasteiger partial charge in [-0.2, -0.15) is 0 Å². The zero-order valence-electron chi connectivity index (χ0n) is 16.4.